The zero-order valence-electron chi connectivity index (χ0n) is 11.0. The molecule has 0 unspecified atom stereocenters. The molecule has 0 spiro atoms. The van der Waals surface area contributed by atoms with Crippen molar-refractivity contribution in [3.8, 4) is 5.75 Å². The minimum atomic E-state index is 0.981. The van der Waals surface area contributed by atoms with Crippen LogP contribution in [0.5, 0.6) is 5.75 Å². The predicted octanol–water partition coefficient (Wildman–Crippen LogP) is 2.20. The first-order chi connectivity index (χ1) is 7.56. The maximum Gasteiger partial charge on any atom is 0.128 e. The molecule has 1 aromatic heterocycles. The van der Waals surface area contributed by atoms with Crippen LogP contribution >= 0.6 is 0 Å². The van der Waals surface area contributed by atoms with E-state index in [-0.39, 0.29) is 0 Å². The third-order valence-corrected chi connectivity index (χ3v) is 2.77. The second-order valence-corrected chi connectivity index (χ2v) is 4.45. The Morgan fingerprint density at radius 3 is 2.56 bits per heavy atom. The van der Waals surface area contributed by atoms with Crippen molar-refractivity contribution in [2.24, 2.45) is 0 Å². The lowest BCUT2D eigenvalue weighted by atomic mass is 10.1. The first kappa shape index (κ1) is 13.0. The molecule has 0 aliphatic rings. The van der Waals surface area contributed by atoms with Crippen LogP contribution in [0.1, 0.15) is 23.2 Å². The monoisotopic (exact) mass is 222 g/mol. The molecule has 0 fully saturated rings. The molecule has 90 valence electrons. The number of hydrogen-bond acceptors (Lipinski definition) is 3. The molecular weight excluding hydrogens is 200 g/mol. The Morgan fingerprint density at radius 1 is 1.31 bits per heavy atom. The van der Waals surface area contributed by atoms with Crippen molar-refractivity contribution in [2.75, 3.05) is 27.7 Å². The van der Waals surface area contributed by atoms with Crippen molar-refractivity contribution >= 4 is 0 Å². The van der Waals surface area contributed by atoms with Crippen LogP contribution in [0.25, 0.3) is 0 Å². The highest BCUT2D eigenvalue weighted by Crippen LogP contribution is 2.24. The van der Waals surface area contributed by atoms with Gasteiger partial charge in [-0.25, -0.2) is 0 Å². The van der Waals surface area contributed by atoms with Gasteiger partial charge >= 0.3 is 0 Å². The first-order valence-electron chi connectivity index (χ1n) is 5.70. The Hall–Kier alpha value is -1.09. The lowest BCUT2D eigenvalue weighted by Crippen LogP contribution is -2.14. The highest BCUT2D eigenvalue weighted by molar-refractivity contribution is 5.41. The van der Waals surface area contributed by atoms with Crippen LogP contribution in [0.3, 0.4) is 0 Å². The summed E-state index contributed by atoms with van der Waals surface area (Å²) in [5.41, 5.74) is 3.45. The molecule has 0 bridgehead atoms. The van der Waals surface area contributed by atoms with Crippen molar-refractivity contribution in [3.05, 3.63) is 23.0 Å². The van der Waals surface area contributed by atoms with E-state index in [1.807, 2.05) is 13.1 Å². The maximum atomic E-state index is 5.39. The normalized spacial score (nSPS) is 10.9. The minimum Gasteiger partial charge on any atom is -0.496 e. The topological polar surface area (TPSA) is 25.4 Å². The van der Waals surface area contributed by atoms with E-state index in [2.05, 4.69) is 30.9 Å². The van der Waals surface area contributed by atoms with Crippen LogP contribution < -0.4 is 4.74 Å². The Balaban J connectivity index is 2.74. The lowest BCUT2D eigenvalue weighted by molar-refractivity contribution is 0.396. The zero-order chi connectivity index (χ0) is 12.1. The summed E-state index contributed by atoms with van der Waals surface area (Å²) in [6.45, 7) is 5.21. The van der Waals surface area contributed by atoms with E-state index in [0.29, 0.717) is 0 Å². The van der Waals surface area contributed by atoms with Gasteiger partial charge in [-0.2, -0.15) is 0 Å². The smallest absolute Gasteiger partial charge is 0.128 e. The van der Waals surface area contributed by atoms with E-state index in [0.717, 1.165) is 36.4 Å². The molecule has 0 saturated carbocycles. The van der Waals surface area contributed by atoms with Gasteiger partial charge in [0.05, 0.1) is 7.11 Å². The molecule has 0 aliphatic carbocycles. The number of nitrogens with zero attached hydrogens (tertiary/aromatic N) is 2. The SMILES string of the molecule is COc1c(C)cnc(CCCN(C)C)c1C. The van der Waals surface area contributed by atoms with Crippen molar-refractivity contribution in [1.29, 1.82) is 0 Å². The number of ether oxygens (including phenoxy) is 1. The number of pyridine rings is 1. The Kier molecular flexibility index (Phi) is 4.74. The molecule has 0 aliphatic heterocycles. The summed E-state index contributed by atoms with van der Waals surface area (Å²) in [5, 5.41) is 0. The van der Waals surface area contributed by atoms with Gasteiger partial charge < -0.3 is 9.64 Å². The van der Waals surface area contributed by atoms with E-state index >= 15 is 0 Å². The molecular formula is C13H22N2O. The van der Waals surface area contributed by atoms with Gasteiger partial charge in [-0.1, -0.05) is 0 Å². The number of aryl methyl sites for hydroxylation is 2. The number of aromatic nitrogens is 1. The molecule has 16 heavy (non-hydrogen) atoms. The van der Waals surface area contributed by atoms with E-state index < -0.39 is 0 Å². The molecule has 3 heteroatoms. The predicted molar refractivity (Wildman–Crippen MR) is 67.1 cm³/mol. The van der Waals surface area contributed by atoms with Crippen LogP contribution in [0, 0.1) is 13.8 Å². The molecule has 1 rings (SSSR count). The molecule has 0 saturated heterocycles. The summed E-state index contributed by atoms with van der Waals surface area (Å²) < 4.78 is 5.39. The summed E-state index contributed by atoms with van der Waals surface area (Å²) in [6, 6.07) is 0. The quantitative estimate of drug-likeness (QED) is 0.763. The molecule has 3 nitrogen and oxygen atoms in total. The van der Waals surface area contributed by atoms with Crippen molar-refractivity contribution in [1.82, 2.24) is 9.88 Å². The fourth-order valence-corrected chi connectivity index (χ4v) is 1.89. The van der Waals surface area contributed by atoms with Crippen LogP contribution in [0.2, 0.25) is 0 Å². The highest BCUT2D eigenvalue weighted by Gasteiger charge is 2.08. The van der Waals surface area contributed by atoms with Gasteiger partial charge in [0.1, 0.15) is 5.75 Å². The number of rotatable bonds is 5. The second kappa shape index (κ2) is 5.85. The Labute approximate surface area is 98.4 Å². The maximum absolute atomic E-state index is 5.39. The first-order valence-corrected chi connectivity index (χ1v) is 5.70. The third-order valence-electron chi connectivity index (χ3n) is 2.77. The fourth-order valence-electron chi connectivity index (χ4n) is 1.89. The molecule has 0 atom stereocenters. The Morgan fingerprint density at radius 2 is 2.00 bits per heavy atom. The molecule has 0 aromatic carbocycles. The lowest BCUT2D eigenvalue weighted by Gasteiger charge is -2.13. The molecule has 0 N–H and O–H groups in total. The van der Waals surface area contributed by atoms with Gasteiger partial charge in [0.25, 0.3) is 0 Å². The molecule has 1 aromatic rings. The largest absolute Gasteiger partial charge is 0.496 e. The Bertz CT molecular complexity index is 348. The number of methoxy groups -OCH3 is 1. The second-order valence-electron chi connectivity index (χ2n) is 4.45. The summed E-state index contributed by atoms with van der Waals surface area (Å²) in [5.74, 6) is 0.981. The van der Waals surface area contributed by atoms with E-state index in [1.165, 1.54) is 5.56 Å². The van der Waals surface area contributed by atoms with Gasteiger partial charge in [-0.3, -0.25) is 4.98 Å². The summed E-state index contributed by atoms with van der Waals surface area (Å²) in [7, 11) is 5.91. The highest BCUT2D eigenvalue weighted by atomic mass is 16.5. The summed E-state index contributed by atoms with van der Waals surface area (Å²) >= 11 is 0. The van der Waals surface area contributed by atoms with Crippen molar-refractivity contribution < 1.29 is 4.74 Å². The van der Waals surface area contributed by atoms with Crippen LogP contribution in [0.4, 0.5) is 0 Å². The number of hydrogen-bond donors (Lipinski definition) is 0. The summed E-state index contributed by atoms with van der Waals surface area (Å²) in [4.78, 5) is 6.68. The fraction of sp³-hybridized carbons (Fsp3) is 0.615. The van der Waals surface area contributed by atoms with Gasteiger partial charge in [-0.15, -0.1) is 0 Å². The molecule has 1 heterocycles. The third kappa shape index (κ3) is 3.20. The summed E-state index contributed by atoms with van der Waals surface area (Å²) in [6.07, 6.45) is 4.05. The van der Waals surface area contributed by atoms with Crippen molar-refractivity contribution in [2.45, 2.75) is 26.7 Å². The van der Waals surface area contributed by atoms with Crippen LogP contribution in [-0.2, 0) is 6.42 Å². The van der Waals surface area contributed by atoms with Gasteiger partial charge in [0, 0.05) is 23.0 Å². The molecule has 0 radical (unpaired) electrons. The van der Waals surface area contributed by atoms with Crippen LogP contribution in [-0.4, -0.2) is 37.6 Å². The van der Waals surface area contributed by atoms with Gasteiger partial charge in [0.2, 0.25) is 0 Å². The standard InChI is InChI=1S/C13H22N2O/c1-10-9-14-12(7-6-8-15(3)4)11(2)13(10)16-5/h9H,6-8H2,1-5H3. The average Bonchev–Trinajstić information content (AvgIpc) is 2.22. The van der Waals surface area contributed by atoms with Crippen molar-refractivity contribution in [3.63, 3.8) is 0 Å². The zero-order valence-corrected chi connectivity index (χ0v) is 11.0. The van der Waals surface area contributed by atoms with Gasteiger partial charge in [0.15, 0.2) is 0 Å². The minimum absolute atomic E-state index is 0.981. The van der Waals surface area contributed by atoms with Gasteiger partial charge in [-0.05, 0) is 47.3 Å². The molecule has 0 amide bonds. The van der Waals surface area contributed by atoms with E-state index in [4.69, 9.17) is 4.74 Å². The van der Waals surface area contributed by atoms with Crippen LogP contribution in [0.15, 0.2) is 6.20 Å². The average molecular weight is 222 g/mol. The van der Waals surface area contributed by atoms with E-state index in [1.54, 1.807) is 7.11 Å². The van der Waals surface area contributed by atoms with E-state index in [9.17, 15) is 0 Å².